The molecule has 2 aromatic heterocycles. The van der Waals surface area contributed by atoms with Gasteiger partial charge in [0, 0.05) is 24.2 Å². The summed E-state index contributed by atoms with van der Waals surface area (Å²) < 4.78 is 40.0. The Hall–Kier alpha value is -3.30. The predicted molar refractivity (Wildman–Crippen MR) is 84.6 cm³/mol. The van der Waals surface area contributed by atoms with Gasteiger partial charge in [0.05, 0.1) is 11.7 Å². The van der Waals surface area contributed by atoms with Crippen molar-refractivity contribution in [2.75, 3.05) is 5.32 Å². The van der Waals surface area contributed by atoms with Gasteiger partial charge in [-0.15, -0.1) is 0 Å². The third kappa shape index (κ3) is 3.05. The molecule has 0 radical (unpaired) electrons. The van der Waals surface area contributed by atoms with Crippen LogP contribution in [0.15, 0.2) is 35.3 Å². The smallest absolute Gasteiger partial charge is 0.364 e. The molecule has 4 N–H and O–H groups in total. The van der Waals surface area contributed by atoms with Crippen molar-refractivity contribution in [2.24, 2.45) is 12.8 Å². The molecular weight excluding hydrogens is 339 g/mol. The second-order valence-electron chi connectivity index (χ2n) is 5.32. The van der Waals surface area contributed by atoms with E-state index in [0.29, 0.717) is 11.8 Å². The summed E-state index contributed by atoms with van der Waals surface area (Å²) in [7, 11) is 1.23. The number of halogens is 3. The number of anilines is 2. The van der Waals surface area contributed by atoms with E-state index in [1.807, 2.05) is 0 Å². The number of carbonyl (C=O) groups excluding carboxylic acids is 1. The molecule has 0 unspecified atom stereocenters. The van der Waals surface area contributed by atoms with E-state index in [-0.39, 0.29) is 22.5 Å². The lowest BCUT2D eigenvalue weighted by Crippen LogP contribution is -2.19. The Morgan fingerprint density at radius 3 is 2.64 bits per heavy atom. The van der Waals surface area contributed by atoms with Crippen LogP contribution in [0.4, 0.5) is 24.8 Å². The molecule has 10 heteroatoms. The molecule has 0 aliphatic rings. The van der Waals surface area contributed by atoms with Crippen LogP contribution in [0.2, 0.25) is 0 Å². The van der Waals surface area contributed by atoms with Gasteiger partial charge in [-0.3, -0.25) is 9.59 Å². The molecule has 25 heavy (non-hydrogen) atoms. The fourth-order valence-electron chi connectivity index (χ4n) is 2.44. The summed E-state index contributed by atoms with van der Waals surface area (Å²) >= 11 is 0. The molecule has 3 rings (SSSR count). The third-order valence-corrected chi connectivity index (χ3v) is 3.65. The minimum Gasteiger partial charge on any atom is -0.364 e. The zero-order valence-electron chi connectivity index (χ0n) is 12.8. The largest absolute Gasteiger partial charge is 0.431 e. The molecule has 0 aliphatic heterocycles. The minimum atomic E-state index is -4.65. The van der Waals surface area contributed by atoms with Crippen LogP contribution in [-0.4, -0.2) is 20.4 Å². The highest BCUT2D eigenvalue weighted by Crippen LogP contribution is 2.30. The molecule has 7 nitrogen and oxygen atoms in total. The van der Waals surface area contributed by atoms with Gasteiger partial charge in [-0.1, -0.05) is 0 Å². The van der Waals surface area contributed by atoms with Crippen molar-refractivity contribution >= 4 is 28.4 Å². The SMILES string of the molecule is Cn1c(C(F)(F)F)cc(=O)c2ccc(Nc3ncc(C(N)=O)[nH]3)cc21. The number of aromatic nitrogens is 3. The van der Waals surface area contributed by atoms with Crippen LogP contribution < -0.4 is 16.5 Å². The van der Waals surface area contributed by atoms with Crippen LogP contribution in [-0.2, 0) is 13.2 Å². The van der Waals surface area contributed by atoms with Gasteiger partial charge in [0.15, 0.2) is 5.43 Å². The summed E-state index contributed by atoms with van der Waals surface area (Å²) in [6, 6.07) is 4.89. The number of nitrogens with zero attached hydrogens (tertiary/aromatic N) is 2. The van der Waals surface area contributed by atoms with E-state index in [1.165, 1.54) is 31.4 Å². The van der Waals surface area contributed by atoms with E-state index >= 15 is 0 Å². The molecule has 1 aromatic carbocycles. The summed E-state index contributed by atoms with van der Waals surface area (Å²) in [5.74, 6) is -0.513. The number of alkyl halides is 3. The summed E-state index contributed by atoms with van der Waals surface area (Å²) in [4.78, 5) is 29.5. The lowest BCUT2D eigenvalue weighted by atomic mass is 10.1. The fraction of sp³-hybridized carbons (Fsp3) is 0.133. The molecule has 0 fully saturated rings. The summed E-state index contributed by atoms with van der Waals surface area (Å²) in [6.45, 7) is 0. The number of benzene rings is 1. The number of pyridine rings is 1. The van der Waals surface area contributed by atoms with Crippen LogP contribution in [0.3, 0.4) is 0 Å². The normalized spacial score (nSPS) is 11.7. The fourth-order valence-corrected chi connectivity index (χ4v) is 2.44. The molecule has 0 aliphatic carbocycles. The lowest BCUT2D eigenvalue weighted by Gasteiger charge is -2.15. The number of imidazole rings is 1. The number of H-pyrrole nitrogens is 1. The van der Waals surface area contributed by atoms with Gasteiger partial charge >= 0.3 is 6.18 Å². The van der Waals surface area contributed by atoms with Crippen LogP contribution in [0.5, 0.6) is 0 Å². The van der Waals surface area contributed by atoms with Crippen molar-refractivity contribution in [3.8, 4) is 0 Å². The van der Waals surface area contributed by atoms with Crippen molar-refractivity contribution in [1.82, 2.24) is 14.5 Å². The molecular formula is C15H12F3N5O2. The van der Waals surface area contributed by atoms with Crippen molar-refractivity contribution in [1.29, 1.82) is 0 Å². The lowest BCUT2D eigenvalue weighted by molar-refractivity contribution is -0.143. The Balaban J connectivity index is 2.07. The van der Waals surface area contributed by atoms with Gasteiger partial charge < -0.3 is 20.6 Å². The number of aromatic amines is 1. The van der Waals surface area contributed by atoms with Crippen LogP contribution >= 0.6 is 0 Å². The van der Waals surface area contributed by atoms with E-state index in [1.54, 1.807) is 0 Å². The van der Waals surface area contributed by atoms with E-state index < -0.39 is 23.2 Å². The number of carbonyl (C=O) groups is 1. The summed E-state index contributed by atoms with van der Waals surface area (Å²) in [5.41, 5.74) is 3.90. The summed E-state index contributed by atoms with van der Waals surface area (Å²) in [5, 5.41) is 2.96. The van der Waals surface area contributed by atoms with E-state index in [4.69, 9.17) is 5.73 Å². The second kappa shape index (κ2) is 5.65. The number of hydrogen-bond donors (Lipinski definition) is 3. The van der Waals surface area contributed by atoms with Gasteiger partial charge in [-0.05, 0) is 18.2 Å². The molecule has 0 saturated carbocycles. The molecule has 0 saturated heterocycles. The first-order valence-electron chi connectivity index (χ1n) is 6.99. The van der Waals surface area contributed by atoms with Gasteiger partial charge in [-0.2, -0.15) is 13.2 Å². The first-order valence-corrected chi connectivity index (χ1v) is 6.99. The number of fused-ring (bicyclic) bond motifs is 1. The molecule has 3 aromatic rings. The highest BCUT2D eigenvalue weighted by molar-refractivity contribution is 5.91. The standard InChI is InChI=1S/C15H12F3N5O2/c1-23-10-4-7(21-14-20-6-9(22-14)13(19)25)2-3-8(10)11(24)5-12(23)15(16,17)18/h2-6H,1H3,(H2,19,25)(H2,20,21,22). The van der Waals surface area contributed by atoms with Crippen molar-refractivity contribution in [3.63, 3.8) is 0 Å². The third-order valence-electron chi connectivity index (χ3n) is 3.65. The van der Waals surface area contributed by atoms with Gasteiger partial charge in [-0.25, -0.2) is 4.98 Å². The molecule has 130 valence electrons. The first kappa shape index (κ1) is 16.6. The molecule has 1 amide bonds. The molecule has 0 spiro atoms. The maximum atomic E-state index is 13.0. The Labute approximate surface area is 138 Å². The quantitative estimate of drug-likeness (QED) is 0.672. The maximum Gasteiger partial charge on any atom is 0.431 e. The zero-order chi connectivity index (χ0) is 18.4. The second-order valence-corrected chi connectivity index (χ2v) is 5.32. The number of amides is 1. The first-order chi connectivity index (χ1) is 11.7. The number of nitrogens with one attached hydrogen (secondary N) is 2. The van der Waals surface area contributed by atoms with Crippen molar-refractivity contribution in [2.45, 2.75) is 6.18 Å². The minimum absolute atomic E-state index is 0.0787. The van der Waals surface area contributed by atoms with Gasteiger partial charge in [0.2, 0.25) is 5.95 Å². The maximum absolute atomic E-state index is 13.0. The van der Waals surface area contributed by atoms with E-state index in [0.717, 1.165) is 4.57 Å². The molecule has 2 heterocycles. The number of nitrogens with two attached hydrogens (primary N) is 1. The van der Waals surface area contributed by atoms with Crippen LogP contribution in [0.1, 0.15) is 16.2 Å². The average molecular weight is 351 g/mol. The zero-order valence-corrected chi connectivity index (χ0v) is 12.8. The van der Waals surface area contributed by atoms with Gasteiger partial charge in [0.1, 0.15) is 11.4 Å². The summed E-state index contributed by atoms with van der Waals surface area (Å²) in [6.07, 6.45) is -3.42. The monoisotopic (exact) mass is 351 g/mol. The Bertz CT molecular complexity index is 1040. The van der Waals surface area contributed by atoms with Gasteiger partial charge in [0.25, 0.3) is 5.91 Å². The molecule has 0 atom stereocenters. The van der Waals surface area contributed by atoms with E-state index in [9.17, 15) is 22.8 Å². The number of aryl methyl sites for hydroxylation is 1. The molecule has 0 bridgehead atoms. The Morgan fingerprint density at radius 1 is 1.32 bits per heavy atom. The highest BCUT2D eigenvalue weighted by atomic mass is 19.4. The topological polar surface area (TPSA) is 106 Å². The predicted octanol–water partition coefficient (Wildman–Crippen LogP) is 2.12. The van der Waals surface area contributed by atoms with Crippen LogP contribution in [0, 0.1) is 0 Å². The van der Waals surface area contributed by atoms with E-state index in [2.05, 4.69) is 15.3 Å². The number of rotatable bonds is 3. The Kier molecular flexibility index (Phi) is 3.74. The number of hydrogen-bond acceptors (Lipinski definition) is 4. The number of primary amides is 1. The van der Waals surface area contributed by atoms with Crippen molar-refractivity contribution < 1.29 is 18.0 Å². The average Bonchev–Trinajstić information content (AvgIpc) is 2.98. The van der Waals surface area contributed by atoms with Crippen LogP contribution in [0.25, 0.3) is 10.9 Å². The Morgan fingerprint density at radius 2 is 2.04 bits per heavy atom. The van der Waals surface area contributed by atoms with Crippen molar-refractivity contribution in [3.05, 3.63) is 52.1 Å². The highest BCUT2D eigenvalue weighted by Gasteiger charge is 2.34.